The van der Waals surface area contributed by atoms with E-state index >= 15 is 0 Å². The molecule has 1 aliphatic heterocycles. The monoisotopic (exact) mass is 440 g/mol. The van der Waals surface area contributed by atoms with Crippen molar-refractivity contribution in [3.63, 3.8) is 0 Å². The molecule has 0 radical (unpaired) electrons. The van der Waals surface area contributed by atoms with Crippen LogP contribution in [0.1, 0.15) is 78.9 Å². The quantitative estimate of drug-likeness (QED) is 0.598. The molecule has 5 nitrogen and oxygen atoms in total. The van der Waals surface area contributed by atoms with E-state index < -0.39 is 11.7 Å². The second-order valence-corrected chi connectivity index (χ2v) is 8.62. The second-order valence-electron chi connectivity index (χ2n) is 8.24. The first-order chi connectivity index (χ1) is 14.3. The summed E-state index contributed by atoms with van der Waals surface area (Å²) in [5.74, 6) is 1.10. The summed E-state index contributed by atoms with van der Waals surface area (Å²) in [5.41, 5.74) is -0.624. The summed E-state index contributed by atoms with van der Waals surface area (Å²) >= 11 is 6.04. The van der Waals surface area contributed by atoms with Crippen molar-refractivity contribution in [2.75, 3.05) is 0 Å². The second kappa shape index (κ2) is 8.21. The maximum atomic E-state index is 13.2. The van der Waals surface area contributed by atoms with E-state index in [1.54, 1.807) is 0 Å². The number of carbonyl (C=O) groups is 1. The molecule has 30 heavy (non-hydrogen) atoms. The van der Waals surface area contributed by atoms with Gasteiger partial charge in [0, 0.05) is 25.0 Å². The molecule has 1 aromatic carbocycles. The third-order valence-corrected chi connectivity index (χ3v) is 6.60. The number of nitrogens with zero attached hydrogens (tertiary/aromatic N) is 4. The molecular weight excluding hydrogens is 417 g/mol. The minimum absolute atomic E-state index is 0.00558. The highest BCUT2D eigenvalue weighted by molar-refractivity contribution is 6.32. The van der Waals surface area contributed by atoms with Crippen LogP contribution >= 0.6 is 11.6 Å². The smallest absolute Gasteiger partial charge is 0.327 e. The summed E-state index contributed by atoms with van der Waals surface area (Å²) in [5, 5.41) is 8.14. The number of hydrogen-bond donors (Lipinski definition) is 0. The van der Waals surface area contributed by atoms with E-state index in [1.807, 2.05) is 11.5 Å². The third kappa shape index (κ3) is 3.94. The van der Waals surface area contributed by atoms with Gasteiger partial charge >= 0.3 is 6.18 Å². The van der Waals surface area contributed by atoms with Crippen LogP contribution in [0.25, 0.3) is 0 Å². The van der Waals surface area contributed by atoms with Crippen molar-refractivity contribution in [1.29, 1.82) is 0 Å². The Kier molecular flexibility index (Phi) is 5.79. The van der Waals surface area contributed by atoms with Gasteiger partial charge in [-0.3, -0.25) is 4.79 Å². The minimum atomic E-state index is -4.54. The Hall–Kier alpha value is -2.09. The fourth-order valence-electron chi connectivity index (χ4n) is 4.52. The van der Waals surface area contributed by atoms with Gasteiger partial charge in [-0.15, -0.1) is 10.2 Å². The zero-order valence-electron chi connectivity index (χ0n) is 16.8. The summed E-state index contributed by atoms with van der Waals surface area (Å²) < 4.78 is 41.4. The molecule has 0 saturated heterocycles. The van der Waals surface area contributed by atoms with Gasteiger partial charge in [0.15, 0.2) is 0 Å². The molecule has 1 aromatic heterocycles. The van der Waals surface area contributed by atoms with Gasteiger partial charge in [0.25, 0.3) is 5.91 Å². The molecule has 1 unspecified atom stereocenters. The first-order valence-electron chi connectivity index (χ1n) is 10.4. The van der Waals surface area contributed by atoms with E-state index in [0.29, 0.717) is 12.5 Å². The molecule has 0 spiro atoms. The SMILES string of the molecule is CC1Cn2c(nnc2C2CCCCCC2)C(=O)N1Cc1cccc(C(F)(F)F)c1Cl. The molecule has 1 saturated carbocycles. The zero-order chi connectivity index (χ0) is 21.5. The normalized spacial score (nSPS) is 20.9. The highest BCUT2D eigenvalue weighted by Gasteiger charge is 2.37. The van der Waals surface area contributed by atoms with Crippen molar-refractivity contribution in [2.24, 2.45) is 0 Å². The molecule has 2 aliphatic rings. The van der Waals surface area contributed by atoms with Crippen molar-refractivity contribution in [3.05, 3.63) is 46.0 Å². The molecule has 0 N–H and O–H groups in total. The lowest BCUT2D eigenvalue weighted by Gasteiger charge is -2.34. The van der Waals surface area contributed by atoms with Gasteiger partial charge in [0.05, 0.1) is 10.6 Å². The largest absolute Gasteiger partial charge is 0.417 e. The minimum Gasteiger partial charge on any atom is -0.327 e. The summed E-state index contributed by atoms with van der Waals surface area (Å²) in [6, 6.07) is 3.57. The number of halogens is 4. The van der Waals surface area contributed by atoms with E-state index in [-0.39, 0.29) is 34.9 Å². The Bertz CT molecular complexity index is 935. The van der Waals surface area contributed by atoms with Crippen LogP contribution in [0.5, 0.6) is 0 Å². The Morgan fingerprint density at radius 3 is 2.50 bits per heavy atom. The van der Waals surface area contributed by atoms with E-state index in [4.69, 9.17) is 11.6 Å². The number of rotatable bonds is 3. The van der Waals surface area contributed by atoms with Gasteiger partial charge in [-0.25, -0.2) is 0 Å². The van der Waals surface area contributed by atoms with E-state index in [0.717, 1.165) is 37.6 Å². The Morgan fingerprint density at radius 2 is 1.83 bits per heavy atom. The number of amides is 1. The Balaban J connectivity index is 1.60. The topological polar surface area (TPSA) is 51.0 Å². The maximum absolute atomic E-state index is 13.2. The van der Waals surface area contributed by atoms with Gasteiger partial charge in [-0.2, -0.15) is 13.2 Å². The molecule has 0 bridgehead atoms. The summed E-state index contributed by atoms with van der Waals surface area (Å²) in [7, 11) is 0. The first-order valence-corrected chi connectivity index (χ1v) is 10.7. The number of alkyl halides is 3. The summed E-state index contributed by atoms with van der Waals surface area (Å²) in [6.45, 7) is 2.41. The van der Waals surface area contributed by atoms with Gasteiger partial charge in [-0.05, 0) is 31.4 Å². The van der Waals surface area contributed by atoms with Gasteiger partial charge in [0.2, 0.25) is 5.82 Å². The molecule has 2 aromatic rings. The van der Waals surface area contributed by atoms with Crippen molar-refractivity contribution in [2.45, 2.75) is 76.7 Å². The maximum Gasteiger partial charge on any atom is 0.417 e. The molecule has 1 amide bonds. The fraction of sp³-hybridized carbons (Fsp3) is 0.571. The van der Waals surface area contributed by atoms with Crippen LogP contribution in [0.15, 0.2) is 18.2 Å². The number of aromatic nitrogens is 3. The molecule has 4 rings (SSSR count). The Labute approximate surface area is 178 Å². The molecule has 9 heteroatoms. The highest BCUT2D eigenvalue weighted by atomic mass is 35.5. The summed E-state index contributed by atoms with van der Waals surface area (Å²) in [6.07, 6.45) is 2.29. The number of hydrogen-bond acceptors (Lipinski definition) is 3. The van der Waals surface area contributed by atoms with Crippen LogP contribution < -0.4 is 0 Å². The zero-order valence-corrected chi connectivity index (χ0v) is 17.5. The van der Waals surface area contributed by atoms with Crippen LogP contribution in [0.4, 0.5) is 13.2 Å². The van der Waals surface area contributed by atoms with E-state index in [9.17, 15) is 18.0 Å². The average molecular weight is 441 g/mol. The number of fused-ring (bicyclic) bond motifs is 1. The van der Waals surface area contributed by atoms with Crippen molar-refractivity contribution < 1.29 is 18.0 Å². The Morgan fingerprint density at radius 1 is 1.13 bits per heavy atom. The van der Waals surface area contributed by atoms with E-state index in [1.165, 1.54) is 29.9 Å². The molecule has 1 fully saturated rings. The standard InChI is InChI=1S/C21H24ClF3N4O/c1-13-11-29-18(14-7-4-2-3-5-8-14)26-27-19(29)20(30)28(13)12-15-9-6-10-16(17(15)22)21(23,24)25/h6,9-10,13-14H,2-5,7-8,11-12H2,1H3. The lowest BCUT2D eigenvalue weighted by atomic mass is 9.99. The van der Waals surface area contributed by atoms with Crippen LogP contribution in [-0.4, -0.2) is 31.6 Å². The highest BCUT2D eigenvalue weighted by Crippen LogP contribution is 2.37. The van der Waals surface area contributed by atoms with Crippen molar-refractivity contribution in [3.8, 4) is 0 Å². The van der Waals surface area contributed by atoms with Crippen LogP contribution in [-0.2, 0) is 19.3 Å². The number of benzene rings is 1. The molecular formula is C21H24ClF3N4O. The van der Waals surface area contributed by atoms with Gasteiger partial charge in [0.1, 0.15) is 5.82 Å². The van der Waals surface area contributed by atoms with E-state index in [2.05, 4.69) is 10.2 Å². The summed E-state index contributed by atoms with van der Waals surface area (Å²) in [4.78, 5) is 14.7. The molecule has 1 atom stereocenters. The van der Waals surface area contributed by atoms with Crippen molar-refractivity contribution in [1.82, 2.24) is 19.7 Å². The predicted octanol–water partition coefficient (Wildman–Crippen LogP) is 5.43. The fourth-order valence-corrected chi connectivity index (χ4v) is 4.81. The third-order valence-electron chi connectivity index (χ3n) is 6.16. The van der Waals surface area contributed by atoms with Crippen LogP contribution in [0.3, 0.4) is 0 Å². The van der Waals surface area contributed by atoms with Crippen LogP contribution in [0.2, 0.25) is 5.02 Å². The van der Waals surface area contributed by atoms with Gasteiger partial charge in [-0.1, -0.05) is 49.4 Å². The van der Waals surface area contributed by atoms with Crippen molar-refractivity contribution >= 4 is 17.5 Å². The number of carbonyl (C=O) groups excluding carboxylic acids is 1. The van der Waals surface area contributed by atoms with Gasteiger partial charge < -0.3 is 9.47 Å². The molecule has 162 valence electrons. The molecule has 1 aliphatic carbocycles. The lowest BCUT2D eigenvalue weighted by molar-refractivity contribution is -0.137. The first kappa shape index (κ1) is 21.2. The lowest BCUT2D eigenvalue weighted by Crippen LogP contribution is -2.46. The predicted molar refractivity (Wildman–Crippen MR) is 106 cm³/mol. The average Bonchev–Trinajstić information content (AvgIpc) is 2.92. The van der Waals surface area contributed by atoms with Crippen LogP contribution in [0, 0.1) is 0 Å². The molecule has 2 heterocycles.